The lowest BCUT2D eigenvalue weighted by molar-refractivity contribution is 0.0525. The van der Waals surface area contributed by atoms with E-state index in [-0.39, 0.29) is 5.97 Å². The zero-order valence-corrected chi connectivity index (χ0v) is 11.6. The van der Waals surface area contributed by atoms with Crippen LogP contribution in [0.4, 0.5) is 0 Å². The van der Waals surface area contributed by atoms with Gasteiger partial charge in [0.25, 0.3) is 0 Å². The molecule has 2 rings (SSSR count). The molecule has 0 bridgehead atoms. The summed E-state index contributed by atoms with van der Waals surface area (Å²) in [4.78, 5) is 11.7. The first-order chi connectivity index (χ1) is 8.72. The second kappa shape index (κ2) is 5.96. The Morgan fingerprint density at radius 3 is 3.11 bits per heavy atom. The van der Waals surface area contributed by atoms with Crippen LogP contribution in [0.15, 0.2) is 16.0 Å². The number of aromatic nitrogens is 4. The third kappa shape index (κ3) is 2.88. The van der Waals surface area contributed by atoms with Crippen molar-refractivity contribution in [1.29, 1.82) is 0 Å². The Kier molecular flexibility index (Phi) is 4.32. The van der Waals surface area contributed by atoms with Crippen LogP contribution in [0.3, 0.4) is 0 Å². The SMILES string of the molecule is CCOC(=O)c1cnn(C)c1CSc1nncs1. The predicted octanol–water partition coefficient (Wildman–Crippen LogP) is 1.74. The molecule has 96 valence electrons. The number of hydrogen-bond donors (Lipinski definition) is 0. The van der Waals surface area contributed by atoms with Gasteiger partial charge in [0.05, 0.1) is 18.5 Å². The number of nitrogens with zero attached hydrogens (tertiary/aromatic N) is 4. The Balaban J connectivity index is 2.11. The zero-order valence-electron chi connectivity index (χ0n) is 9.99. The molecule has 0 amide bonds. The molecule has 0 spiro atoms. The van der Waals surface area contributed by atoms with Gasteiger partial charge in [-0.25, -0.2) is 4.79 Å². The average Bonchev–Trinajstić information content (AvgIpc) is 2.96. The van der Waals surface area contributed by atoms with Crippen LogP contribution in [-0.2, 0) is 17.5 Å². The van der Waals surface area contributed by atoms with Gasteiger partial charge in [0.1, 0.15) is 11.1 Å². The minimum Gasteiger partial charge on any atom is -0.462 e. The smallest absolute Gasteiger partial charge is 0.341 e. The lowest BCUT2D eigenvalue weighted by Gasteiger charge is -2.04. The molecular formula is C10H12N4O2S2. The zero-order chi connectivity index (χ0) is 13.0. The molecule has 0 unspecified atom stereocenters. The van der Waals surface area contributed by atoms with Crippen LogP contribution < -0.4 is 0 Å². The molecule has 8 heteroatoms. The Hall–Kier alpha value is -1.41. The van der Waals surface area contributed by atoms with Crippen molar-refractivity contribution < 1.29 is 9.53 Å². The van der Waals surface area contributed by atoms with E-state index >= 15 is 0 Å². The minimum atomic E-state index is -0.335. The van der Waals surface area contributed by atoms with Gasteiger partial charge >= 0.3 is 5.97 Å². The Labute approximate surface area is 112 Å². The highest BCUT2D eigenvalue weighted by Gasteiger charge is 2.17. The summed E-state index contributed by atoms with van der Waals surface area (Å²) in [7, 11) is 1.80. The quantitative estimate of drug-likeness (QED) is 0.615. The third-order valence-corrected chi connectivity index (χ3v) is 4.10. The molecule has 2 heterocycles. The fourth-order valence-electron chi connectivity index (χ4n) is 1.37. The molecule has 0 aliphatic heterocycles. The number of rotatable bonds is 5. The first kappa shape index (κ1) is 13.0. The van der Waals surface area contributed by atoms with Gasteiger partial charge in [0.15, 0.2) is 4.34 Å². The van der Waals surface area contributed by atoms with Crippen LogP contribution in [0.5, 0.6) is 0 Å². The van der Waals surface area contributed by atoms with Crippen molar-refractivity contribution in [3.63, 3.8) is 0 Å². The second-order valence-electron chi connectivity index (χ2n) is 3.34. The van der Waals surface area contributed by atoms with Gasteiger partial charge in [-0.15, -0.1) is 10.2 Å². The molecule has 0 aliphatic rings. The second-order valence-corrected chi connectivity index (χ2v) is 5.40. The number of thioether (sulfide) groups is 1. The van der Waals surface area contributed by atoms with E-state index in [1.807, 2.05) is 0 Å². The molecule has 0 fully saturated rings. The normalized spacial score (nSPS) is 10.6. The maximum atomic E-state index is 11.7. The highest BCUT2D eigenvalue weighted by atomic mass is 32.2. The van der Waals surface area contributed by atoms with Gasteiger partial charge < -0.3 is 4.74 Å². The Morgan fingerprint density at radius 1 is 1.61 bits per heavy atom. The third-order valence-electron chi connectivity index (χ3n) is 2.23. The van der Waals surface area contributed by atoms with E-state index in [1.54, 1.807) is 24.2 Å². The largest absolute Gasteiger partial charge is 0.462 e. The van der Waals surface area contributed by atoms with Crippen LogP contribution in [0, 0.1) is 0 Å². The molecule has 0 saturated heterocycles. The summed E-state index contributed by atoms with van der Waals surface area (Å²) in [5, 5.41) is 11.8. The van der Waals surface area contributed by atoms with Gasteiger partial charge in [0, 0.05) is 12.8 Å². The highest BCUT2D eigenvalue weighted by Crippen LogP contribution is 2.25. The summed E-state index contributed by atoms with van der Waals surface area (Å²) in [6, 6.07) is 0. The fourth-order valence-corrected chi connectivity index (χ4v) is 2.93. The van der Waals surface area contributed by atoms with E-state index in [4.69, 9.17) is 4.74 Å². The van der Waals surface area contributed by atoms with Gasteiger partial charge in [-0.1, -0.05) is 23.1 Å². The standard InChI is InChI=1S/C10H12N4O2S2/c1-3-16-9(15)7-4-12-14(2)8(7)5-17-10-13-11-6-18-10/h4,6H,3,5H2,1-2H3. The molecule has 0 atom stereocenters. The van der Waals surface area contributed by atoms with Crippen molar-refractivity contribution in [2.24, 2.45) is 7.05 Å². The Bertz CT molecular complexity index is 524. The molecule has 0 N–H and O–H groups in total. The summed E-state index contributed by atoms with van der Waals surface area (Å²) < 4.78 is 7.54. The number of esters is 1. The molecule has 0 aliphatic carbocycles. The van der Waals surface area contributed by atoms with Gasteiger partial charge in [-0.2, -0.15) is 5.10 Å². The van der Waals surface area contributed by atoms with E-state index < -0.39 is 0 Å². The molecule has 0 saturated carbocycles. The van der Waals surface area contributed by atoms with Crippen molar-refractivity contribution in [2.75, 3.05) is 6.61 Å². The Morgan fingerprint density at radius 2 is 2.44 bits per heavy atom. The maximum absolute atomic E-state index is 11.7. The number of hydrogen-bond acceptors (Lipinski definition) is 7. The predicted molar refractivity (Wildman–Crippen MR) is 68.6 cm³/mol. The molecule has 18 heavy (non-hydrogen) atoms. The van der Waals surface area contributed by atoms with Crippen molar-refractivity contribution >= 4 is 29.1 Å². The summed E-state index contributed by atoms with van der Waals surface area (Å²) in [5.74, 6) is 0.276. The van der Waals surface area contributed by atoms with Crippen LogP contribution in [0.2, 0.25) is 0 Å². The monoisotopic (exact) mass is 284 g/mol. The molecule has 0 aromatic carbocycles. The number of carbonyl (C=O) groups is 1. The first-order valence-electron chi connectivity index (χ1n) is 5.29. The average molecular weight is 284 g/mol. The van der Waals surface area contributed by atoms with Crippen LogP contribution in [0.1, 0.15) is 23.0 Å². The van der Waals surface area contributed by atoms with E-state index in [9.17, 15) is 4.79 Å². The van der Waals surface area contributed by atoms with Crippen molar-refractivity contribution in [3.05, 3.63) is 23.0 Å². The molecule has 2 aromatic rings. The van der Waals surface area contributed by atoms with Crippen molar-refractivity contribution in [1.82, 2.24) is 20.0 Å². The van der Waals surface area contributed by atoms with Crippen molar-refractivity contribution in [3.8, 4) is 0 Å². The minimum absolute atomic E-state index is 0.335. The van der Waals surface area contributed by atoms with Gasteiger partial charge in [-0.3, -0.25) is 4.68 Å². The van der Waals surface area contributed by atoms with E-state index in [2.05, 4.69) is 15.3 Å². The molecular weight excluding hydrogens is 272 g/mol. The van der Waals surface area contributed by atoms with E-state index in [0.29, 0.717) is 17.9 Å². The highest BCUT2D eigenvalue weighted by molar-refractivity contribution is 8.00. The van der Waals surface area contributed by atoms with Crippen molar-refractivity contribution in [2.45, 2.75) is 17.0 Å². The molecule has 6 nitrogen and oxygen atoms in total. The maximum Gasteiger partial charge on any atom is 0.341 e. The van der Waals surface area contributed by atoms with E-state index in [0.717, 1.165) is 10.0 Å². The summed E-state index contributed by atoms with van der Waals surface area (Å²) in [6.07, 6.45) is 1.54. The van der Waals surface area contributed by atoms with Crippen LogP contribution in [-0.4, -0.2) is 32.6 Å². The van der Waals surface area contributed by atoms with Crippen LogP contribution >= 0.6 is 23.1 Å². The topological polar surface area (TPSA) is 69.9 Å². The summed E-state index contributed by atoms with van der Waals surface area (Å²) >= 11 is 2.99. The van der Waals surface area contributed by atoms with Crippen LogP contribution in [0.25, 0.3) is 0 Å². The molecule has 0 radical (unpaired) electrons. The lowest BCUT2D eigenvalue weighted by Crippen LogP contribution is -2.08. The van der Waals surface area contributed by atoms with E-state index in [1.165, 1.54) is 29.3 Å². The van der Waals surface area contributed by atoms with Gasteiger partial charge in [0.2, 0.25) is 0 Å². The molecule has 2 aromatic heterocycles. The number of aryl methyl sites for hydroxylation is 1. The summed E-state index contributed by atoms with van der Waals surface area (Å²) in [6.45, 7) is 2.14. The lowest BCUT2D eigenvalue weighted by atomic mass is 10.3. The fraction of sp³-hybridized carbons (Fsp3) is 0.400. The first-order valence-corrected chi connectivity index (χ1v) is 7.15. The number of ether oxygens (including phenoxy) is 1. The number of carbonyl (C=O) groups excluding carboxylic acids is 1. The summed E-state index contributed by atoms with van der Waals surface area (Å²) in [5.41, 5.74) is 3.02. The van der Waals surface area contributed by atoms with Gasteiger partial charge in [-0.05, 0) is 6.92 Å².